The molecule has 5 heteroatoms. The maximum atomic E-state index is 12.6. The lowest BCUT2D eigenvalue weighted by Crippen LogP contribution is -2.37. The van der Waals surface area contributed by atoms with Crippen molar-refractivity contribution in [2.75, 3.05) is 11.4 Å². The Kier molecular flexibility index (Phi) is 4.33. The Bertz CT molecular complexity index is 557. The molecule has 2 rings (SSSR count). The van der Waals surface area contributed by atoms with Gasteiger partial charge in [-0.3, -0.25) is 9.59 Å². The fourth-order valence-electron chi connectivity index (χ4n) is 2.59. The second-order valence-corrected chi connectivity index (χ2v) is 5.51. The molecule has 1 aliphatic rings. The number of anilines is 1. The molecule has 1 N–H and O–H groups in total. The van der Waals surface area contributed by atoms with Crippen LogP contribution in [0.15, 0.2) is 12.1 Å². The van der Waals surface area contributed by atoms with Crippen LogP contribution in [-0.4, -0.2) is 18.4 Å². The third kappa shape index (κ3) is 2.52. The zero-order valence-corrected chi connectivity index (χ0v) is 12.8. The van der Waals surface area contributed by atoms with E-state index in [0.717, 1.165) is 29.7 Å². The van der Waals surface area contributed by atoms with E-state index in [1.165, 1.54) is 6.92 Å². The molecule has 0 saturated carbocycles. The normalized spacial score (nSPS) is 17.3. The van der Waals surface area contributed by atoms with Crippen molar-refractivity contribution in [3.8, 4) is 0 Å². The smallest absolute Gasteiger partial charge is 0.254 e. The van der Waals surface area contributed by atoms with Gasteiger partial charge in [-0.2, -0.15) is 0 Å². The highest BCUT2D eigenvalue weighted by molar-refractivity contribution is 6.33. The van der Waals surface area contributed by atoms with Gasteiger partial charge >= 0.3 is 0 Å². The SMILES string of the molecule is CCCCN1C(=O)[C@@H](NC(C)=O)c2c(Cl)ccc(C)c21. The molecular weight excluding hydrogens is 276 g/mol. The Morgan fingerprint density at radius 1 is 1.45 bits per heavy atom. The third-order valence-electron chi connectivity index (χ3n) is 3.52. The molecule has 0 fully saturated rings. The predicted octanol–water partition coefficient (Wildman–Crippen LogP) is 2.97. The average Bonchev–Trinajstić information content (AvgIpc) is 2.66. The van der Waals surface area contributed by atoms with E-state index in [1.54, 1.807) is 11.0 Å². The molecule has 4 nitrogen and oxygen atoms in total. The summed E-state index contributed by atoms with van der Waals surface area (Å²) >= 11 is 6.25. The maximum absolute atomic E-state index is 12.6. The first-order valence-corrected chi connectivity index (χ1v) is 7.22. The lowest BCUT2D eigenvalue weighted by Gasteiger charge is -2.19. The summed E-state index contributed by atoms with van der Waals surface area (Å²) in [5, 5.41) is 3.23. The lowest BCUT2D eigenvalue weighted by molar-refractivity contribution is -0.126. The Morgan fingerprint density at radius 2 is 2.15 bits per heavy atom. The highest BCUT2D eigenvalue weighted by atomic mass is 35.5. The summed E-state index contributed by atoms with van der Waals surface area (Å²) in [4.78, 5) is 25.7. The van der Waals surface area contributed by atoms with Crippen molar-refractivity contribution in [2.24, 2.45) is 0 Å². The Balaban J connectivity index is 2.49. The van der Waals surface area contributed by atoms with Crippen LogP contribution in [0.4, 0.5) is 5.69 Å². The van der Waals surface area contributed by atoms with E-state index in [2.05, 4.69) is 12.2 Å². The van der Waals surface area contributed by atoms with Gasteiger partial charge in [-0.15, -0.1) is 0 Å². The number of hydrogen-bond acceptors (Lipinski definition) is 2. The highest BCUT2D eigenvalue weighted by Gasteiger charge is 2.40. The van der Waals surface area contributed by atoms with Crippen molar-refractivity contribution in [1.82, 2.24) is 5.32 Å². The Hall–Kier alpha value is -1.55. The van der Waals surface area contributed by atoms with Crippen molar-refractivity contribution in [3.63, 3.8) is 0 Å². The lowest BCUT2D eigenvalue weighted by atomic mass is 10.0. The Morgan fingerprint density at radius 3 is 2.75 bits per heavy atom. The largest absolute Gasteiger partial charge is 0.341 e. The van der Waals surface area contributed by atoms with Gasteiger partial charge < -0.3 is 10.2 Å². The van der Waals surface area contributed by atoms with E-state index >= 15 is 0 Å². The van der Waals surface area contributed by atoms with E-state index < -0.39 is 6.04 Å². The molecule has 0 aromatic heterocycles. The summed E-state index contributed by atoms with van der Waals surface area (Å²) in [6.07, 6.45) is 1.92. The number of carbonyl (C=O) groups excluding carboxylic acids is 2. The molecular formula is C15H19ClN2O2. The first-order chi connectivity index (χ1) is 9.47. The van der Waals surface area contributed by atoms with Gasteiger partial charge in [-0.1, -0.05) is 31.0 Å². The number of nitrogens with one attached hydrogen (secondary N) is 1. The van der Waals surface area contributed by atoms with Crippen LogP contribution in [0.3, 0.4) is 0 Å². The second kappa shape index (κ2) is 5.83. The number of benzene rings is 1. The summed E-state index contributed by atoms with van der Waals surface area (Å²) in [5.74, 6) is -0.330. The van der Waals surface area contributed by atoms with E-state index in [0.29, 0.717) is 11.6 Å². The van der Waals surface area contributed by atoms with Crippen LogP contribution in [-0.2, 0) is 9.59 Å². The fraction of sp³-hybridized carbons (Fsp3) is 0.467. The molecule has 1 aromatic carbocycles. The molecule has 1 aromatic rings. The van der Waals surface area contributed by atoms with Crippen molar-refractivity contribution < 1.29 is 9.59 Å². The first kappa shape index (κ1) is 14.9. The molecule has 0 unspecified atom stereocenters. The van der Waals surface area contributed by atoms with Crippen LogP contribution in [0.5, 0.6) is 0 Å². The molecule has 0 radical (unpaired) electrons. The number of aryl methyl sites for hydroxylation is 1. The molecule has 2 amide bonds. The standard InChI is InChI=1S/C15H19ClN2O2/c1-4-5-8-18-14-9(2)6-7-11(16)12(14)13(15(18)20)17-10(3)19/h6-7,13H,4-5,8H2,1-3H3,(H,17,19)/t13-/m0/s1. The van der Waals surface area contributed by atoms with Crippen molar-refractivity contribution in [2.45, 2.75) is 39.7 Å². The number of unbranched alkanes of at least 4 members (excludes halogenated alkanes) is 1. The van der Waals surface area contributed by atoms with E-state index in [-0.39, 0.29) is 11.8 Å². The topological polar surface area (TPSA) is 49.4 Å². The molecule has 108 valence electrons. The van der Waals surface area contributed by atoms with Crippen molar-refractivity contribution in [3.05, 3.63) is 28.3 Å². The summed E-state index contributed by atoms with van der Waals surface area (Å²) in [5.41, 5.74) is 2.58. The number of carbonyl (C=O) groups is 2. The third-order valence-corrected chi connectivity index (χ3v) is 3.85. The van der Waals surface area contributed by atoms with Gasteiger partial charge in [0.15, 0.2) is 0 Å². The first-order valence-electron chi connectivity index (χ1n) is 6.84. The molecule has 0 bridgehead atoms. The molecule has 0 aliphatic carbocycles. The quantitative estimate of drug-likeness (QED) is 0.928. The van der Waals surface area contributed by atoms with Gasteiger partial charge in [-0.25, -0.2) is 0 Å². The molecule has 0 spiro atoms. The molecule has 1 atom stereocenters. The number of rotatable bonds is 4. The predicted molar refractivity (Wildman–Crippen MR) is 80.0 cm³/mol. The number of hydrogen-bond donors (Lipinski definition) is 1. The number of halogens is 1. The number of amides is 2. The van der Waals surface area contributed by atoms with Crippen LogP contribution < -0.4 is 10.2 Å². The van der Waals surface area contributed by atoms with Crippen LogP contribution in [0, 0.1) is 6.92 Å². The van der Waals surface area contributed by atoms with Crippen LogP contribution in [0.1, 0.15) is 43.9 Å². The minimum absolute atomic E-state index is 0.0974. The number of fused-ring (bicyclic) bond motifs is 1. The zero-order chi connectivity index (χ0) is 14.9. The molecule has 1 aliphatic heterocycles. The van der Waals surface area contributed by atoms with Crippen LogP contribution >= 0.6 is 11.6 Å². The summed E-state index contributed by atoms with van der Waals surface area (Å²) in [6.45, 7) is 6.10. The van der Waals surface area contributed by atoms with Gasteiger partial charge in [0.05, 0.1) is 5.69 Å². The van der Waals surface area contributed by atoms with E-state index in [9.17, 15) is 9.59 Å². The van der Waals surface area contributed by atoms with Gasteiger partial charge in [0, 0.05) is 24.1 Å². The molecule has 1 heterocycles. The van der Waals surface area contributed by atoms with Gasteiger partial charge in [0.1, 0.15) is 6.04 Å². The Labute approximate surface area is 124 Å². The van der Waals surface area contributed by atoms with Gasteiger partial charge in [0.25, 0.3) is 5.91 Å². The van der Waals surface area contributed by atoms with Gasteiger partial charge in [0.2, 0.25) is 5.91 Å². The van der Waals surface area contributed by atoms with Crippen LogP contribution in [0.2, 0.25) is 5.02 Å². The minimum atomic E-state index is -0.660. The summed E-state index contributed by atoms with van der Waals surface area (Å²) in [7, 11) is 0. The molecule has 0 saturated heterocycles. The summed E-state index contributed by atoms with van der Waals surface area (Å²) in [6, 6.07) is 3.02. The fourth-order valence-corrected chi connectivity index (χ4v) is 2.85. The monoisotopic (exact) mass is 294 g/mol. The van der Waals surface area contributed by atoms with Crippen LogP contribution in [0.25, 0.3) is 0 Å². The second-order valence-electron chi connectivity index (χ2n) is 5.10. The van der Waals surface area contributed by atoms with Gasteiger partial charge in [-0.05, 0) is 25.0 Å². The van der Waals surface area contributed by atoms with E-state index in [1.807, 2.05) is 13.0 Å². The average molecular weight is 295 g/mol. The van der Waals surface area contributed by atoms with Crippen molar-refractivity contribution in [1.29, 1.82) is 0 Å². The minimum Gasteiger partial charge on any atom is -0.341 e. The van der Waals surface area contributed by atoms with E-state index in [4.69, 9.17) is 11.6 Å². The van der Waals surface area contributed by atoms with Crippen molar-refractivity contribution >= 4 is 29.1 Å². The summed E-state index contributed by atoms with van der Waals surface area (Å²) < 4.78 is 0. The molecule has 20 heavy (non-hydrogen) atoms. The number of nitrogens with zero attached hydrogens (tertiary/aromatic N) is 1. The zero-order valence-electron chi connectivity index (χ0n) is 12.0. The maximum Gasteiger partial charge on any atom is 0.254 e. The highest BCUT2D eigenvalue weighted by Crippen LogP contribution is 2.42.